The minimum atomic E-state index is -1.05. The summed E-state index contributed by atoms with van der Waals surface area (Å²) in [6, 6.07) is 5.21. The van der Waals surface area contributed by atoms with E-state index in [1.54, 1.807) is 12.4 Å². The summed E-state index contributed by atoms with van der Waals surface area (Å²) in [7, 11) is 0. The minimum Gasteiger partial charge on any atom is -0.478 e. The van der Waals surface area contributed by atoms with Crippen LogP contribution in [0.15, 0.2) is 36.8 Å². The summed E-state index contributed by atoms with van der Waals surface area (Å²) >= 11 is 0. The highest BCUT2D eigenvalue weighted by molar-refractivity contribution is 5.94. The van der Waals surface area contributed by atoms with Crippen molar-refractivity contribution >= 4 is 17.5 Å². The molecule has 6 heteroatoms. The Kier molecular flexibility index (Phi) is 3.92. The number of carbonyl (C=O) groups is 1. The number of aromatic nitrogens is 2. The lowest BCUT2D eigenvalue weighted by Gasteiger charge is -2.08. The molecule has 0 amide bonds. The fourth-order valence-electron chi connectivity index (χ4n) is 1.66. The van der Waals surface area contributed by atoms with Gasteiger partial charge in [0.1, 0.15) is 11.4 Å². The van der Waals surface area contributed by atoms with Gasteiger partial charge in [-0.15, -0.1) is 0 Å². The lowest BCUT2D eigenvalue weighted by atomic mass is 10.2. The first-order chi connectivity index (χ1) is 9.16. The number of aromatic carboxylic acids is 1. The second-order valence-electron chi connectivity index (χ2n) is 4.01. The molecule has 0 aliphatic heterocycles. The van der Waals surface area contributed by atoms with E-state index in [9.17, 15) is 4.79 Å². The zero-order chi connectivity index (χ0) is 13.7. The molecule has 0 radical (unpaired) electrons. The molecule has 2 heterocycles. The second-order valence-corrected chi connectivity index (χ2v) is 4.01. The van der Waals surface area contributed by atoms with E-state index in [0.717, 1.165) is 12.0 Å². The minimum absolute atomic E-state index is 0.0752. The number of carboxylic acids is 1. The normalized spacial score (nSPS) is 10.1. The molecule has 2 aromatic rings. The van der Waals surface area contributed by atoms with Crippen LogP contribution < -0.4 is 11.1 Å². The first-order valence-corrected chi connectivity index (χ1v) is 5.78. The molecule has 0 bridgehead atoms. The van der Waals surface area contributed by atoms with Gasteiger partial charge in [0.05, 0.1) is 11.9 Å². The molecule has 0 atom stereocenters. The van der Waals surface area contributed by atoms with Crippen molar-refractivity contribution in [2.75, 3.05) is 17.6 Å². The molecular weight excluding hydrogens is 244 g/mol. The summed E-state index contributed by atoms with van der Waals surface area (Å²) in [5.74, 6) is -0.728. The molecular formula is C13H14N4O2. The van der Waals surface area contributed by atoms with Crippen molar-refractivity contribution in [3.8, 4) is 0 Å². The van der Waals surface area contributed by atoms with Gasteiger partial charge in [-0.05, 0) is 24.1 Å². The Bertz CT molecular complexity index is 572. The second kappa shape index (κ2) is 5.81. The molecule has 0 saturated carbocycles. The van der Waals surface area contributed by atoms with Gasteiger partial charge >= 0.3 is 5.97 Å². The van der Waals surface area contributed by atoms with Gasteiger partial charge in [-0.1, -0.05) is 6.07 Å². The van der Waals surface area contributed by atoms with Crippen LogP contribution in [0.2, 0.25) is 0 Å². The Hall–Kier alpha value is -2.63. The highest BCUT2D eigenvalue weighted by atomic mass is 16.4. The molecule has 0 aliphatic carbocycles. The lowest BCUT2D eigenvalue weighted by Crippen LogP contribution is -2.11. The number of nitrogens with zero attached hydrogens (tertiary/aromatic N) is 2. The Morgan fingerprint density at radius 1 is 1.42 bits per heavy atom. The number of rotatable bonds is 5. The summed E-state index contributed by atoms with van der Waals surface area (Å²) in [4.78, 5) is 19.1. The fraction of sp³-hybridized carbons (Fsp3) is 0.154. The summed E-state index contributed by atoms with van der Waals surface area (Å²) in [5.41, 5.74) is 7.00. The van der Waals surface area contributed by atoms with E-state index in [0.29, 0.717) is 18.1 Å². The molecule has 0 aromatic carbocycles. The third-order valence-corrected chi connectivity index (χ3v) is 2.57. The fourth-order valence-corrected chi connectivity index (χ4v) is 1.66. The number of nitrogen functional groups attached to an aromatic ring is 1. The molecule has 19 heavy (non-hydrogen) atoms. The standard InChI is InChI=1S/C13H14N4O2/c14-10-6-11(13(18)19)12(17-8-10)16-5-3-9-2-1-4-15-7-9/h1-2,4,6-8H,3,5,14H2,(H,16,17)(H,18,19). The van der Waals surface area contributed by atoms with Crippen molar-refractivity contribution in [2.45, 2.75) is 6.42 Å². The summed E-state index contributed by atoms with van der Waals surface area (Å²) in [6.45, 7) is 0.572. The topological polar surface area (TPSA) is 101 Å². The van der Waals surface area contributed by atoms with Crippen LogP contribution in [-0.4, -0.2) is 27.6 Å². The Labute approximate surface area is 110 Å². The number of pyridine rings is 2. The maximum absolute atomic E-state index is 11.1. The first-order valence-electron chi connectivity index (χ1n) is 5.78. The van der Waals surface area contributed by atoms with E-state index in [4.69, 9.17) is 10.8 Å². The average Bonchev–Trinajstić information content (AvgIpc) is 2.41. The quantitative estimate of drug-likeness (QED) is 0.749. The summed E-state index contributed by atoms with van der Waals surface area (Å²) in [6.07, 6.45) is 5.65. The Morgan fingerprint density at radius 3 is 2.95 bits per heavy atom. The Balaban J connectivity index is 2.02. The number of nitrogens with one attached hydrogen (secondary N) is 1. The van der Waals surface area contributed by atoms with E-state index < -0.39 is 5.97 Å². The molecule has 2 aromatic heterocycles. The van der Waals surface area contributed by atoms with Gasteiger partial charge in [-0.2, -0.15) is 0 Å². The highest BCUT2D eigenvalue weighted by Gasteiger charge is 2.11. The molecule has 98 valence electrons. The van der Waals surface area contributed by atoms with Crippen LogP contribution in [0.3, 0.4) is 0 Å². The zero-order valence-corrected chi connectivity index (χ0v) is 10.2. The van der Waals surface area contributed by atoms with Crippen LogP contribution in [0, 0.1) is 0 Å². The molecule has 0 unspecified atom stereocenters. The van der Waals surface area contributed by atoms with Gasteiger partial charge in [0.15, 0.2) is 0 Å². The molecule has 0 saturated heterocycles. The molecule has 4 N–H and O–H groups in total. The molecule has 0 fully saturated rings. The van der Waals surface area contributed by atoms with E-state index >= 15 is 0 Å². The van der Waals surface area contributed by atoms with Crippen molar-refractivity contribution in [1.82, 2.24) is 9.97 Å². The van der Waals surface area contributed by atoms with Crippen LogP contribution in [0.25, 0.3) is 0 Å². The number of hydrogen-bond donors (Lipinski definition) is 3. The predicted octanol–water partition coefficient (Wildman–Crippen LogP) is 1.41. The monoisotopic (exact) mass is 258 g/mol. The van der Waals surface area contributed by atoms with Crippen LogP contribution in [0.4, 0.5) is 11.5 Å². The van der Waals surface area contributed by atoms with Crippen molar-refractivity contribution in [1.29, 1.82) is 0 Å². The average molecular weight is 258 g/mol. The summed E-state index contributed by atoms with van der Waals surface area (Å²) < 4.78 is 0. The van der Waals surface area contributed by atoms with Crippen LogP contribution in [-0.2, 0) is 6.42 Å². The smallest absolute Gasteiger partial charge is 0.339 e. The van der Waals surface area contributed by atoms with Crippen LogP contribution in [0.5, 0.6) is 0 Å². The molecule has 0 spiro atoms. The van der Waals surface area contributed by atoms with E-state index in [1.165, 1.54) is 12.3 Å². The Morgan fingerprint density at radius 2 is 2.26 bits per heavy atom. The number of anilines is 2. The van der Waals surface area contributed by atoms with Gasteiger partial charge in [0.25, 0.3) is 0 Å². The zero-order valence-electron chi connectivity index (χ0n) is 10.2. The summed E-state index contributed by atoms with van der Waals surface area (Å²) in [5, 5.41) is 12.1. The van der Waals surface area contributed by atoms with E-state index in [-0.39, 0.29) is 5.56 Å². The van der Waals surface area contributed by atoms with Crippen molar-refractivity contribution in [3.63, 3.8) is 0 Å². The molecule has 0 aliphatic rings. The number of hydrogen-bond acceptors (Lipinski definition) is 5. The maximum atomic E-state index is 11.1. The van der Waals surface area contributed by atoms with Crippen molar-refractivity contribution < 1.29 is 9.90 Å². The SMILES string of the molecule is Nc1cnc(NCCc2cccnc2)c(C(=O)O)c1. The van der Waals surface area contributed by atoms with Gasteiger partial charge in [-0.25, -0.2) is 9.78 Å². The van der Waals surface area contributed by atoms with Crippen LogP contribution >= 0.6 is 0 Å². The van der Waals surface area contributed by atoms with Crippen molar-refractivity contribution in [3.05, 3.63) is 47.9 Å². The third-order valence-electron chi connectivity index (χ3n) is 2.57. The van der Waals surface area contributed by atoms with Gasteiger partial charge in [0.2, 0.25) is 0 Å². The number of carboxylic acid groups (broad SMARTS) is 1. The maximum Gasteiger partial charge on any atom is 0.339 e. The van der Waals surface area contributed by atoms with E-state index in [1.807, 2.05) is 12.1 Å². The van der Waals surface area contributed by atoms with Gasteiger partial charge in [-0.3, -0.25) is 4.98 Å². The van der Waals surface area contributed by atoms with Gasteiger partial charge in [0, 0.05) is 18.9 Å². The molecule has 6 nitrogen and oxygen atoms in total. The molecule has 2 rings (SSSR count). The number of nitrogens with two attached hydrogens (primary N) is 1. The lowest BCUT2D eigenvalue weighted by molar-refractivity contribution is 0.0697. The first kappa shape index (κ1) is 12.8. The van der Waals surface area contributed by atoms with Crippen molar-refractivity contribution in [2.24, 2.45) is 0 Å². The highest BCUT2D eigenvalue weighted by Crippen LogP contribution is 2.15. The predicted molar refractivity (Wildman–Crippen MR) is 72.0 cm³/mol. The largest absolute Gasteiger partial charge is 0.478 e. The van der Waals surface area contributed by atoms with E-state index in [2.05, 4.69) is 15.3 Å². The van der Waals surface area contributed by atoms with Crippen LogP contribution in [0.1, 0.15) is 15.9 Å². The van der Waals surface area contributed by atoms with Gasteiger partial charge < -0.3 is 16.2 Å². The third kappa shape index (κ3) is 3.41.